The largest absolute Gasteiger partial charge is 0.504 e. The summed E-state index contributed by atoms with van der Waals surface area (Å²) in [5, 5.41) is 22.2. The Bertz CT molecular complexity index is 620. The summed E-state index contributed by atoms with van der Waals surface area (Å²) in [6, 6.07) is 4.22. The number of esters is 1. The van der Waals surface area contributed by atoms with Crippen molar-refractivity contribution in [1.29, 1.82) is 0 Å². The van der Waals surface area contributed by atoms with Gasteiger partial charge in [-0.15, -0.1) is 0 Å². The van der Waals surface area contributed by atoms with Gasteiger partial charge in [0.1, 0.15) is 0 Å². The van der Waals surface area contributed by atoms with Crippen LogP contribution in [0.15, 0.2) is 18.2 Å². The molecule has 0 bridgehead atoms. The summed E-state index contributed by atoms with van der Waals surface area (Å²) in [5.41, 5.74) is 0.568. The van der Waals surface area contributed by atoms with Crippen LogP contribution in [-0.4, -0.2) is 46.2 Å². The number of unbranched alkanes of at least 4 members (excludes halogenated alkanes) is 1. The Morgan fingerprint density at radius 3 is 2.78 bits per heavy atom. The number of hydrogen-bond acceptors (Lipinski definition) is 7. The van der Waals surface area contributed by atoms with E-state index in [2.05, 4.69) is 5.32 Å². The average Bonchev–Trinajstić information content (AvgIpc) is 3.15. The molecule has 1 saturated heterocycles. The maximum Gasteiger partial charge on any atom is 0.310 e. The zero-order valence-corrected chi connectivity index (χ0v) is 16.9. The van der Waals surface area contributed by atoms with E-state index in [4.69, 9.17) is 4.74 Å². The quantitative estimate of drug-likeness (QED) is 0.221. The Morgan fingerprint density at radius 1 is 1.19 bits per heavy atom. The maximum absolute atomic E-state index is 11.8. The van der Waals surface area contributed by atoms with Gasteiger partial charge in [-0.05, 0) is 43.4 Å². The lowest BCUT2D eigenvalue weighted by Crippen LogP contribution is -2.25. The predicted molar refractivity (Wildman–Crippen MR) is 109 cm³/mol. The Kier molecular flexibility index (Phi) is 9.69. The molecule has 150 valence electrons. The number of aromatic hydroxyl groups is 2. The van der Waals surface area contributed by atoms with Crippen LogP contribution in [0.1, 0.15) is 44.1 Å². The van der Waals surface area contributed by atoms with E-state index in [0.29, 0.717) is 24.9 Å². The molecule has 1 aliphatic heterocycles. The minimum atomic E-state index is -0.408. The molecule has 0 saturated carbocycles. The van der Waals surface area contributed by atoms with E-state index in [-0.39, 0.29) is 30.4 Å². The lowest BCUT2D eigenvalue weighted by atomic mass is 10.1. The van der Waals surface area contributed by atoms with Gasteiger partial charge in [0, 0.05) is 24.0 Å². The van der Waals surface area contributed by atoms with Crippen molar-refractivity contribution in [3.05, 3.63) is 23.8 Å². The van der Waals surface area contributed by atoms with E-state index in [1.165, 1.54) is 30.7 Å². The summed E-state index contributed by atoms with van der Waals surface area (Å²) >= 11 is 0. The molecule has 1 amide bonds. The first-order valence-corrected chi connectivity index (χ1v) is 11.6. The minimum Gasteiger partial charge on any atom is -0.504 e. The molecule has 0 aromatic heterocycles. The number of carbonyl (C=O) groups is 2. The third-order valence-corrected chi connectivity index (χ3v) is 7.21. The molecular formula is C19H27NO5S2. The lowest BCUT2D eigenvalue weighted by Gasteiger charge is -2.08. The first-order valence-electron chi connectivity index (χ1n) is 9.26. The second kappa shape index (κ2) is 12.0. The molecule has 1 heterocycles. The van der Waals surface area contributed by atoms with Crippen LogP contribution in [0.4, 0.5) is 0 Å². The Labute approximate surface area is 167 Å². The van der Waals surface area contributed by atoms with Gasteiger partial charge in [-0.1, -0.05) is 34.1 Å². The molecular weight excluding hydrogens is 386 g/mol. The molecule has 3 N–H and O–H groups in total. The summed E-state index contributed by atoms with van der Waals surface area (Å²) in [7, 11) is 3.92. The van der Waals surface area contributed by atoms with Gasteiger partial charge in [0.2, 0.25) is 5.91 Å². The summed E-state index contributed by atoms with van der Waals surface area (Å²) in [6.45, 7) is 0.723. The molecule has 8 heteroatoms. The van der Waals surface area contributed by atoms with Crippen molar-refractivity contribution in [1.82, 2.24) is 5.32 Å². The second-order valence-electron chi connectivity index (χ2n) is 6.50. The fourth-order valence-electron chi connectivity index (χ4n) is 2.69. The molecule has 6 nitrogen and oxygen atoms in total. The molecule has 1 unspecified atom stereocenters. The highest BCUT2D eigenvalue weighted by Crippen LogP contribution is 2.39. The van der Waals surface area contributed by atoms with Gasteiger partial charge < -0.3 is 20.3 Å². The highest BCUT2D eigenvalue weighted by Gasteiger charge is 2.15. The number of hydrogen-bond donors (Lipinski definition) is 3. The predicted octanol–water partition coefficient (Wildman–Crippen LogP) is 3.40. The van der Waals surface area contributed by atoms with E-state index < -0.39 is 5.97 Å². The molecule has 1 aromatic rings. The van der Waals surface area contributed by atoms with Crippen molar-refractivity contribution in [2.45, 2.75) is 50.2 Å². The first kappa shape index (κ1) is 21.8. The maximum atomic E-state index is 11.8. The fraction of sp³-hybridized carbons (Fsp3) is 0.579. The van der Waals surface area contributed by atoms with Crippen LogP contribution >= 0.6 is 21.6 Å². The van der Waals surface area contributed by atoms with Crippen molar-refractivity contribution < 1.29 is 24.5 Å². The molecule has 0 spiro atoms. The van der Waals surface area contributed by atoms with Gasteiger partial charge in [0.25, 0.3) is 0 Å². The standard InChI is InChI=1S/C19H27NO5S2/c21-16-7-6-14(12-17(16)22)13-19(24)25-10-3-9-20-18(23)5-2-1-4-15-8-11-26-27-15/h6-7,12,15,21-22H,1-5,8-11,13H2,(H,20,23). The van der Waals surface area contributed by atoms with E-state index in [1.807, 2.05) is 21.6 Å². The van der Waals surface area contributed by atoms with Crippen LogP contribution in [0.25, 0.3) is 0 Å². The smallest absolute Gasteiger partial charge is 0.310 e. The van der Waals surface area contributed by atoms with Gasteiger partial charge in [-0.3, -0.25) is 9.59 Å². The number of benzene rings is 1. The van der Waals surface area contributed by atoms with Crippen LogP contribution in [0, 0.1) is 0 Å². The SMILES string of the molecule is O=C(CCCCC1CCSS1)NCCCOC(=O)Cc1ccc(O)c(O)c1. The van der Waals surface area contributed by atoms with Crippen LogP contribution in [0.2, 0.25) is 0 Å². The number of ether oxygens (including phenoxy) is 1. The summed E-state index contributed by atoms with van der Waals surface area (Å²) in [5.74, 6) is 0.407. The summed E-state index contributed by atoms with van der Waals surface area (Å²) in [6.07, 6.45) is 5.63. The van der Waals surface area contributed by atoms with Crippen LogP contribution in [0.5, 0.6) is 11.5 Å². The highest BCUT2D eigenvalue weighted by atomic mass is 33.1. The number of amides is 1. The van der Waals surface area contributed by atoms with E-state index in [9.17, 15) is 19.8 Å². The van der Waals surface area contributed by atoms with Crippen LogP contribution in [-0.2, 0) is 20.7 Å². The van der Waals surface area contributed by atoms with Gasteiger partial charge >= 0.3 is 5.97 Å². The molecule has 1 aromatic carbocycles. The number of carbonyl (C=O) groups excluding carboxylic acids is 2. The zero-order chi connectivity index (χ0) is 19.5. The third kappa shape index (κ3) is 8.79. The van der Waals surface area contributed by atoms with Gasteiger partial charge in [0.05, 0.1) is 13.0 Å². The van der Waals surface area contributed by atoms with Crippen molar-refractivity contribution in [2.24, 2.45) is 0 Å². The molecule has 27 heavy (non-hydrogen) atoms. The van der Waals surface area contributed by atoms with Gasteiger partial charge in [-0.25, -0.2) is 0 Å². The topological polar surface area (TPSA) is 95.9 Å². The molecule has 0 aliphatic carbocycles. The zero-order valence-electron chi connectivity index (χ0n) is 15.3. The van der Waals surface area contributed by atoms with E-state index in [0.717, 1.165) is 18.1 Å². The van der Waals surface area contributed by atoms with E-state index in [1.54, 1.807) is 6.07 Å². The average molecular weight is 414 g/mol. The van der Waals surface area contributed by atoms with Crippen LogP contribution in [0.3, 0.4) is 0 Å². The van der Waals surface area contributed by atoms with Crippen molar-refractivity contribution in [3.63, 3.8) is 0 Å². The molecule has 1 fully saturated rings. The Balaban J connectivity index is 1.46. The number of phenols is 2. The van der Waals surface area contributed by atoms with E-state index >= 15 is 0 Å². The Hall–Kier alpha value is -1.54. The van der Waals surface area contributed by atoms with Gasteiger partial charge in [0.15, 0.2) is 11.5 Å². The highest BCUT2D eigenvalue weighted by molar-refractivity contribution is 8.77. The van der Waals surface area contributed by atoms with Crippen molar-refractivity contribution >= 4 is 33.5 Å². The normalized spacial score (nSPS) is 16.2. The summed E-state index contributed by atoms with van der Waals surface area (Å²) in [4.78, 5) is 23.5. The van der Waals surface area contributed by atoms with Crippen molar-refractivity contribution in [2.75, 3.05) is 18.9 Å². The number of rotatable bonds is 11. The number of phenolic OH excluding ortho intramolecular Hbond substituents is 2. The second-order valence-corrected chi connectivity index (χ2v) is 9.29. The lowest BCUT2D eigenvalue weighted by molar-refractivity contribution is -0.142. The molecule has 1 aliphatic rings. The minimum absolute atomic E-state index is 0.0258. The third-order valence-electron chi connectivity index (χ3n) is 4.20. The molecule has 0 radical (unpaired) electrons. The van der Waals surface area contributed by atoms with Crippen LogP contribution < -0.4 is 5.32 Å². The fourth-order valence-corrected chi connectivity index (χ4v) is 5.72. The van der Waals surface area contributed by atoms with Gasteiger partial charge in [-0.2, -0.15) is 0 Å². The summed E-state index contributed by atoms with van der Waals surface area (Å²) < 4.78 is 5.11. The van der Waals surface area contributed by atoms with Crippen molar-refractivity contribution in [3.8, 4) is 11.5 Å². The number of nitrogens with one attached hydrogen (secondary N) is 1. The first-order chi connectivity index (χ1) is 13.0. The molecule has 1 atom stereocenters. The monoisotopic (exact) mass is 413 g/mol. The Morgan fingerprint density at radius 2 is 2.04 bits per heavy atom. The molecule has 2 rings (SSSR count).